The zero-order valence-corrected chi connectivity index (χ0v) is 13.7. The van der Waals surface area contributed by atoms with Crippen LogP contribution in [0.3, 0.4) is 0 Å². The first-order valence-corrected chi connectivity index (χ1v) is 7.72. The second kappa shape index (κ2) is 7.02. The van der Waals surface area contributed by atoms with Crippen LogP contribution in [0.25, 0.3) is 10.6 Å². The van der Waals surface area contributed by atoms with Gasteiger partial charge < -0.3 is 10.1 Å². The van der Waals surface area contributed by atoms with Crippen molar-refractivity contribution < 1.29 is 9.53 Å². The van der Waals surface area contributed by atoms with Crippen molar-refractivity contribution in [3.8, 4) is 10.6 Å². The maximum absolute atomic E-state index is 11.6. The van der Waals surface area contributed by atoms with Crippen molar-refractivity contribution in [3.63, 3.8) is 0 Å². The number of rotatable bonds is 5. The maximum atomic E-state index is 11.6. The summed E-state index contributed by atoms with van der Waals surface area (Å²) in [5.41, 5.74) is 1.95. The SMILES string of the molecule is COCC(=O)N[C@@H](C)c1sc(-c2ccc(Cl)cc2)nc1C. The largest absolute Gasteiger partial charge is 0.375 e. The van der Waals surface area contributed by atoms with Crippen molar-refractivity contribution >= 4 is 28.8 Å². The number of aryl methyl sites for hydroxylation is 1. The van der Waals surface area contributed by atoms with E-state index >= 15 is 0 Å². The molecule has 0 aliphatic carbocycles. The normalized spacial score (nSPS) is 12.2. The first-order valence-electron chi connectivity index (χ1n) is 6.53. The van der Waals surface area contributed by atoms with Crippen LogP contribution >= 0.6 is 22.9 Å². The minimum atomic E-state index is -0.133. The Bertz CT molecular complexity index is 625. The van der Waals surface area contributed by atoms with Gasteiger partial charge in [0.05, 0.1) is 16.6 Å². The number of nitrogens with one attached hydrogen (secondary N) is 1. The van der Waals surface area contributed by atoms with Crippen LogP contribution in [0.5, 0.6) is 0 Å². The van der Waals surface area contributed by atoms with Crippen LogP contribution < -0.4 is 5.32 Å². The second-order valence-electron chi connectivity index (χ2n) is 4.70. The predicted octanol–water partition coefficient (Wildman–Crippen LogP) is 3.60. The molecule has 4 nitrogen and oxygen atoms in total. The van der Waals surface area contributed by atoms with Gasteiger partial charge in [-0.3, -0.25) is 4.79 Å². The van der Waals surface area contributed by atoms with Gasteiger partial charge in [-0.15, -0.1) is 11.3 Å². The summed E-state index contributed by atoms with van der Waals surface area (Å²) in [6.07, 6.45) is 0. The lowest BCUT2D eigenvalue weighted by molar-refractivity contribution is -0.125. The van der Waals surface area contributed by atoms with Crippen LogP contribution in [-0.4, -0.2) is 24.6 Å². The Hall–Kier alpha value is -1.43. The molecule has 6 heteroatoms. The fourth-order valence-corrected chi connectivity index (χ4v) is 3.21. The Labute approximate surface area is 133 Å². The van der Waals surface area contributed by atoms with Crippen molar-refractivity contribution in [1.82, 2.24) is 10.3 Å². The highest BCUT2D eigenvalue weighted by molar-refractivity contribution is 7.15. The van der Waals surface area contributed by atoms with Gasteiger partial charge in [-0.25, -0.2) is 4.98 Å². The highest BCUT2D eigenvalue weighted by atomic mass is 35.5. The van der Waals surface area contributed by atoms with E-state index in [1.165, 1.54) is 7.11 Å². The number of ether oxygens (including phenoxy) is 1. The number of halogens is 1. The van der Waals surface area contributed by atoms with E-state index in [4.69, 9.17) is 16.3 Å². The second-order valence-corrected chi connectivity index (χ2v) is 6.16. The smallest absolute Gasteiger partial charge is 0.246 e. The van der Waals surface area contributed by atoms with Gasteiger partial charge in [0.15, 0.2) is 0 Å². The number of carbonyl (C=O) groups excluding carboxylic acids is 1. The van der Waals surface area contributed by atoms with E-state index in [0.29, 0.717) is 5.02 Å². The van der Waals surface area contributed by atoms with Crippen LogP contribution in [0, 0.1) is 6.92 Å². The maximum Gasteiger partial charge on any atom is 0.246 e. The molecule has 0 aliphatic heterocycles. The van der Waals surface area contributed by atoms with E-state index in [2.05, 4.69) is 10.3 Å². The van der Waals surface area contributed by atoms with Crippen LogP contribution in [0.4, 0.5) is 0 Å². The van der Waals surface area contributed by atoms with E-state index in [9.17, 15) is 4.79 Å². The number of benzene rings is 1. The molecule has 0 spiro atoms. The summed E-state index contributed by atoms with van der Waals surface area (Å²) in [7, 11) is 1.50. The minimum Gasteiger partial charge on any atom is -0.375 e. The standard InChI is InChI=1S/C15H17ClN2O2S/c1-9(17-13(19)8-20-3)14-10(2)18-15(21-14)11-4-6-12(16)7-5-11/h4-7,9H,8H2,1-3H3,(H,17,19)/t9-/m0/s1. The molecule has 2 rings (SSSR count). The van der Waals surface area contributed by atoms with Crippen LogP contribution in [0.1, 0.15) is 23.5 Å². The lowest BCUT2D eigenvalue weighted by Crippen LogP contribution is -2.29. The van der Waals surface area contributed by atoms with Crippen LogP contribution in [0.2, 0.25) is 5.02 Å². The zero-order valence-electron chi connectivity index (χ0n) is 12.1. The average molecular weight is 325 g/mol. The van der Waals surface area contributed by atoms with E-state index < -0.39 is 0 Å². The number of amides is 1. The Morgan fingerprint density at radius 1 is 1.43 bits per heavy atom. The quantitative estimate of drug-likeness (QED) is 0.914. The van der Waals surface area contributed by atoms with Crippen molar-refractivity contribution in [2.75, 3.05) is 13.7 Å². The number of methoxy groups -OCH3 is 1. The van der Waals surface area contributed by atoms with E-state index in [1.54, 1.807) is 11.3 Å². The fraction of sp³-hybridized carbons (Fsp3) is 0.333. The topological polar surface area (TPSA) is 51.2 Å². The van der Waals surface area contributed by atoms with Gasteiger partial charge in [-0.1, -0.05) is 23.7 Å². The molecular weight excluding hydrogens is 308 g/mol. The highest BCUT2D eigenvalue weighted by Gasteiger charge is 2.17. The number of aromatic nitrogens is 1. The molecule has 1 aromatic carbocycles. The molecule has 112 valence electrons. The summed E-state index contributed by atoms with van der Waals surface area (Å²) in [6, 6.07) is 7.48. The number of hydrogen-bond acceptors (Lipinski definition) is 4. The first kappa shape index (κ1) is 15.9. The van der Waals surface area contributed by atoms with E-state index in [0.717, 1.165) is 21.1 Å². The van der Waals surface area contributed by atoms with Gasteiger partial charge in [-0.2, -0.15) is 0 Å². The molecule has 21 heavy (non-hydrogen) atoms. The molecule has 0 aliphatic rings. The van der Waals surface area contributed by atoms with Crippen molar-refractivity contribution in [3.05, 3.63) is 39.9 Å². The summed E-state index contributed by atoms with van der Waals surface area (Å²) in [4.78, 5) is 17.2. The summed E-state index contributed by atoms with van der Waals surface area (Å²) < 4.78 is 4.82. The van der Waals surface area contributed by atoms with Gasteiger partial charge in [-0.05, 0) is 26.0 Å². The predicted molar refractivity (Wildman–Crippen MR) is 85.7 cm³/mol. The molecule has 1 N–H and O–H groups in total. The molecule has 0 unspecified atom stereocenters. The lowest BCUT2D eigenvalue weighted by atomic mass is 10.2. The van der Waals surface area contributed by atoms with Gasteiger partial charge in [0.2, 0.25) is 5.91 Å². The van der Waals surface area contributed by atoms with E-state index in [1.807, 2.05) is 38.1 Å². The number of thiazole rings is 1. The third-order valence-corrected chi connectivity index (χ3v) is 4.61. The molecule has 0 saturated carbocycles. The molecule has 1 amide bonds. The van der Waals surface area contributed by atoms with Gasteiger partial charge in [0.25, 0.3) is 0 Å². The summed E-state index contributed by atoms with van der Waals surface area (Å²) in [5, 5.41) is 4.52. The molecular formula is C15H17ClN2O2S. The Morgan fingerprint density at radius 3 is 2.71 bits per heavy atom. The van der Waals surface area contributed by atoms with Crippen molar-refractivity contribution in [1.29, 1.82) is 0 Å². The third kappa shape index (κ3) is 4.03. The molecule has 1 aromatic heterocycles. The average Bonchev–Trinajstić information content (AvgIpc) is 2.82. The Kier molecular flexibility index (Phi) is 5.33. The molecule has 0 radical (unpaired) electrons. The van der Waals surface area contributed by atoms with E-state index in [-0.39, 0.29) is 18.6 Å². The monoisotopic (exact) mass is 324 g/mol. The van der Waals surface area contributed by atoms with Gasteiger partial charge >= 0.3 is 0 Å². The lowest BCUT2D eigenvalue weighted by Gasteiger charge is -2.12. The van der Waals surface area contributed by atoms with Gasteiger partial charge in [0.1, 0.15) is 11.6 Å². The third-order valence-electron chi connectivity index (χ3n) is 2.97. The summed E-state index contributed by atoms with van der Waals surface area (Å²) in [6.45, 7) is 3.95. The highest BCUT2D eigenvalue weighted by Crippen LogP contribution is 2.32. The first-order chi connectivity index (χ1) is 10.0. The van der Waals surface area contributed by atoms with Crippen LogP contribution in [0.15, 0.2) is 24.3 Å². The Morgan fingerprint density at radius 2 is 2.10 bits per heavy atom. The molecule has 1 atom stereocenters. The number of nitrogens with zero attached hydrogens (tertiary/aromatic N) is 1. The number of hydrogen-bond donors (Lipinski definition) is 1. The molecule has 0 fully saturated rings. The molecule has 0 bridgehead atoms. The summed E-state index contributed by atoms with van der Waals surface area (Å²) >= 11 is 7.47. The summed E-state index contributed by atoms with van der Waals surface area (Å²) in [5.74, 6) is -0.133. The van der Waals surface area contributed by atoms with Crippen molar-refractivity contribution in [2.45, 2.75) is 19.9 Å². The zero-order chi connectivity index (χ0) is 15.4. The molecule has 1 heterocycles. The molecule has 2 aromatic rings. The van der Waals surface area contributed by atoms with Crippen molar-refractivity contribution in [2.24, 2.45) is 0 Å². The van der Waals surface area contributed by atoms with Crippen LogP contribution in [-0.2, 0) is 9.53 Å². The molecule has 0 saturated heterocycles. The minimum absolute atomic E-state index is 0.0617. The fourth-order valence-electron chi connectivity index (χ4n) is 2.01. The Balaban J connectivity index is 2.18. The number of carbonyl (C=O) groups is 1. The van der Waals surface area contributed by atoms with Gasteiger partial charge in [0, 0.05) is 17.7 Å².